The fourth-order valence-electron chi connectivity index (χ4n) is 2.51. The monoisotopic (exact) mass is 244 g/mol. The first-order valence-corrected chi connectivity index (χ1v) is 6.00. The average Bonchev–Trinajstić information content (AvgIpc) is 2.17. The topological polar surface area (TPSA) is 0 Å². The summed E-state index contributed by atoms with van der Waals surface area (Å²) in [4.78, 5) is 0. The lowest BCUT2D eigenvalue weighted by atomic mass is 9.80. The summed E-state index contributed by atoms with van der Waals surface area (Å²) in [5, 5.41) is -3.08. The zero-order chi connectivity index (χ0) is 11.8. The Morgan fingerprint density at radius 3 is 2.88 bits per heavy atom. The van der Waals surface area contributed by atoms with Crippen molar-refractivity contribution >= 4 is 11.6 Å². The van der Waals surface area contributed by atoms with E-state index in [4.69, 9.17) is 11.6 Å². The largest absolute Gasteiger partial charge is 0.322 e. The van der Waals surface area contributed by atoms with E-state index < -0.39 is 5.38 Å². The molecular formula is C13H15ClF2. The maximum Gasteiger partial charge on any atom is 0.322 e. The maximum atomic E-state index is 12.9. The third-order valence-corrected chi connectivity index (χ3v) is 3.37. The highest BCUT2D eigenvalue weighted by molar-refractivity contribution is 6.21. The molecule has 0 spiro atoms. The Labute approximate surface area is 99.6 Å². The van der Waals surface area contributed by atoms with Crippen molar-refractivity contribution in [2.75, 3.05) is 0 Å². The molecule has 0 amide bonds. The Morgan fingerprint density at radius 2 is 2.19 bits per heavy atom. The summed E-state index contributed by atoms with van der Waals surface area (Å²) in [6.45, 7) is 1.99. The molecule has 2 rings (SSSR count). The Hall–Kier alpha value is -0.630. The lowest BCUT2D eigenvalue weighted by molar-refractivity contribution is 0.0750. The van der Waals surface area contributed by atoms with Crippen LogP contribution < -0.4 is 0 Å². The third kappa shape index (κ3) is 2.73. The van der Waals surface area contributed by atoms with Gasteiger partial charge in [-0.2, -0.15) is 8.78 Å². The number of hydrogen-bond donors (Lipinski definition) is 0. The molecule has 88 valence electrons. The molecule has 0 saturated heterocycles. The van der Waals surface area contributed by atoms with E-state index in [-0.39, 0.29) is 12.3 Å². The average molecular weight is 245 g/mol. The second kappa shape index (κ2) is 4.33. The first-order valence-electron chi connectivity index (χ1n) is 5.62. The Balaban J connectivity index is 2.28. The van der Waals surface area contributed by atoms with E-state index in [0.717, 1.165) is 30.4 Å². The standard InChI is InChI=1S/C13H15ClF2/c1-9-5-6-10-3-2-4-11(12(10)7-9)8-13(14,15)16/h5-7,11H,2-4,8H2,1H3. The summed E-state index contributed by atoms with van der Waals surface area (Å²) >= 11 is 5.04. The number of benzene rings is 1. The van der Waals surface area contributed by atoms with Crippen LogP contribution in [0.1, 0.15) is 41.9 Å². The van der Waals surface area contributed by atoms with Gasteiger partial charge in [0.05, 0.1) is 0 Å². The molecule has 1 aliphatic rings. The molecule has 0 heterocycles. The van der Waals surface area contributed by atoms with Gasteiger partial charge in [0.1, 0.15) is 0 Å². The quantitative estimate of drug-likeness (QED) is 0.665. The minimum absolute atomic E-state index is 0.0869. The predicted octanol–water partition coefficient (Wildman–Crippen LogP) is 4.64. The zero-order valence-corrected chi connectivity index (χ0v) is 10.0. The summed E-state index contributed by atoms with van der Waals surface area (Å²) in [6, 6.07) is 6.13. The van der Waals surface area contributed by atoms with Gasteiger partial charge in [0.15, 0.2) is 0 Å². The number of fused-ring (bicyclic) bond motifs is 1. The van der Waals surface area contributed by atoms with E-state index in [9.17, 15) is 8.78 Å². The number of aryl methyl sites for hydroxylation is 2. The molecule has 0 aromatic heterocycles. The molecule has 1 aliphatic carbocycles. The molecule has 1 atom stereocenters. The van der Waals surface area contributed by atoms with Crippen LogP contribution in [0.5, 0.6) is 0 Å². The van der Waals surface area contributed by atoms with Crippen LogP contribution in [-0.2, 0) is 6.42 Å². The van der Waals surface area contributed by atoms with Gasteiger partial charge < -0.3 is 0 Å². The van der Waals surface area contributed by atoms with Crippen molar-refractivity contribution in [1.29, 1.82) is 0 Å². The molecule has 16 heavy (non-hydrogen) atoms. The lowest BCUT2D eigenvalue weighted by Crippen LogP contribution is -2.17. The molecule has 0 saturated carbocycles. The second-order valence-electron chi connectivity index (χ2n) is 4.61. The molecule has 0 bridgehead atoms. The fraction of sp³-hybridized carbons (Fsp3) is 0.538. The van der Waals surface area contributed by atoms with Gasteiger partial charge in [-0.25, -0.2) is 0 Å². The van der Waals surface area contributed by atoms with Gasteiger partial charge in [0.2, 0.25) is 0 Å². The Morgan fingerprint density at radius 1 is 1.44 bits per heavy atom. The van der Waals surface area contributed by atoms with Crippen molar-refractivity contribution in [2.24, 2.45) is 0 Å². The van der Waals surface area contributed by atoms with Crippen LogP contribution in [0.4, 0.5) is 8.78 Å². The first kappa shape index (κ1) is 11.8. The van der Waals surface area contributed by atoms with E-state index in [1.165, 1.54) is 5.56 Å². The van der Waals surface area contributed by atoms with E-state index in [1.807, 2.05) is 19.1 Å². The molecule has 0 aliphatic heterocycles. The van der Waals surface area contributed by atoms with Gasteiger partial charge in [-0.1, -0.05) is 23.8 Å². The maximum absolute atomic E-state index is 12.9. The highest BCUT2D eigenvalue weighted by Crippen LogP contribution is 2.40. The summed E-state index contributed by atoms with van der Waals surface area (Å²) in [5.41, 5.74) is 3.41. The molecular weight excluding hydrogens is 230 g/mol. The van der Waals surface area contributed by atoms with E-state index in [0.29, 0.717) is 0 Å². The van der Waals surface area contributed by atoms with E-state index >= 15 is 0 Å². The van der Waals surface area contributed by atoms with Crippen LogP contribution in [0.2, 0.25) is 0 Å². The van der Waals surface area contributed by atoms with Gasteiger partial charge >= 0.3 is 5.38 Å². The van der Waals surface area contributed by atoms with Crippen LogP contribution in [0.25, 0.3) is 0 Å². The minimum Gasteiger partial charge on any atom is -0.188 e. The SMILES string of the molecule is Cc1ccc2c(c1)C(CC(F)(F)Cl)CCC2. The molecule has 0 N–H and O–H groups in total. The summed E-state index contributed by atoms with van der Waals surface area (Å²) in [5.74, 6) is -0.0869. The summed E-state index contributed by atoms with van der Waals surface area (Å²) in [7, 11) is 0. The van der Waals surface area contributed by atoms with Gasteiger partial charge in [0, 0.05) is 6.42 Å². The lowest BCUT2D eigenvalue weighted by Gasteiger charge is -2.27. The van der Waals surface area contributed by atoms with Gasteiger partial charge in [-0.3, -0.25) is 0 Å². The molecule has 1 aromatic rings. The number of alkyl halides is 3. The van der Waals surface area contributed by atoms with Crippen molar-refractivity contribution in [3.63, 3.8) is 0 Å². The smallest absolute Gasteiger partial charge is 0.188 e. The molecule has 1 unspecified atom stereocenters. The van der Waals surface area contributed by atoms with E-state index in [2.05, 4.69) is 6.07 Å². The molecule has 1 aromatic carbocycles. The van der Waals surface area contributed by atoms with Crippen molar-refractivity contribution in [1.82, 2.24) is 0 Å². The van der Waals surface area contributed by atoms with Crippen molar-refractivity contribution < 1.29 is 8.78 Å². The number of hydrogen-bond acceptors (Lipinski definition) is 0. The van der Waals surface area contributed by atoms with Crippen molar-refractivity contribution in [3.8, 4) is 0 Å². The third-order valence-electron chi connectivity index (χ3n) is 3.22. The molecule has 0 fully saturated rings. The van der Waals surface area contributed by atoms with Crippen LogP contribution in [0.3, 0.4) is 0 Å². The van der Waals surface area contributed by atoms with Crippen molar-refractivity contribution in [3.05, 3.63) is 34.9 Å². The van der Waals surface area contributed by atoms with Crippen molar-refractivity contribution in [2.45, 2.75) is 43.9 Å². The van der Waals surface area contributed by atoms with Gasteiger partial charge in [-0.15, -0.1) is 0 Å². The summed E-state index contributed by atoms with van der Waals surface area (Å²) < 4.78 is 25.7. The Kier molecular flexibility index (Phi) is 3.20. The highest BCUT2D eigenvalue weighted by atomic mass is 35.5. The predicted molar refractivity (Wildman–Crippen MR) is 62.3 cm³/mol. The van der Waals surface area contributed by atoms with Crippen LogP contribution in [-0.4, -0.2) is 5.38 Å². The zero-order valence-electron chi connectivity index (χ0n) is 9.27. The van der Waals surface area contributed by atoms with Gasteiger partial charge in [-0.05, 0) is 54.8 Å². The number of halogens is 3. The first-order chi connectivity index (χ1) is 7.46. The second-order valence-corrected chi connectivity index (χ2v) is 5.16. The molecule has 0 nitrogen and oxygen atoms in total. The minimum atomic E-state index is -3.08. The van der Waals surface area contributed by atoms with Crippen LogP contribution in [0, 0.1) is 6.92 Å². The normalized spacial score (nSPS) is 20.6. The van der Waals surface area contributed by atoms with Crippen LogP contribution >= 0.6 is 11.6 Å². The Bertz CT molecular complexity index is 382. The van der Waals surface area contributed by atoms with E-state index in [1.54, 1.807) is 0 Å². The van der Waals surface area contributed by atoms with Gasteiger partial charge in [0.25, 0.3) is 0 Å². The van der Waals surface area contributed by atoms with Crippen LogP contribution in [0.15, 0.2) is 18.2 Å². The highest BCUT2D eigenvalue weighted by Gasteiger charge is 2.32. The molecule has 0 radical (unpaired) electrons. The number of rotatable bonds is 2. The molecule has 3 heteroatoms. The fourth-order valence-corrected chi connectivity index (χ4v) is 2.69. The summed E-state index contributed by atoms with van der Waals surface area (Å²) in [6.07, 6.45) is 2.55.